The highest BCUT2D eigenvalue weighted by molar-refractivity contribution is 5.68. The molecular weight excluding hydrogens is 901 g/mol. The summed E-state index contributed by atoms with van der Waals surface area (Å²) in [5.74, 6) is 0.154. The van der Waals surface area contributed by atoms with E-state index in [0.29, 0.717) is 78.4 Å². The Bertz CT molecular complexity index is 1910. The number of ether oxygens (including phenoxy) is 8. The van der Waals surface area contributed by atoms with Gasteiger partial charge < -0.3 is 69.8 Å². The molecule has 70 heavy (non-hydrogen) atoms. The van der Waals surface area contributed by atoms with Gasteiger partial charge in [0.1, 0.15) is 12.2 Å². The van der Waals surface area contributed by atoms with Gasteiger partial charge >= 0.3 is 12.2 Å². The number of carbonyl (C=O) groups is 2. The second-order valence-electron chi connectivity index (χ2n) is 20.1. The van der Waals surface area contributed by atoms with E-state index in [1.165, 1.54) is 0 Å². The Labute approximate surface area is 414 Å². The zero-order chi connectivity index (χ0) is 50.4. The number of aliphatic hydroxyl groups is 2. The van der Waals surface area contributed by atoms with Gasteiger partial charge in [-0.05, 0) is 67.9 Å². The van der Waals surface area contributed by atoms with E-state index in [1.807, 2.05) is 60.7 Å². The van der Waals surface area contributed by atoms with Crippen molar-refractivity contribution < 1.29 is 57.7 Å². The molecule has 0 aliphatic carbocycles. The minimum atomic E-state index is -0.847. The first kappa shape index (κ1) is 56.5. The van der Waals surface area contributed by atoms with Crippen molar-refractivity contribution in [3.8, 4) is 12.1 Å². The summed E-state index contributed by atoms with van der Waals surface area (Å²) in [4.78, 5) is 24.9. The molecule has 388 valence electrons. The second-order valence-corrected chi connectivity index (χ2v) is 20.1. The van der Waals surface area contributed by atoms with Gasteiger partial charge in [0.05, 0.1) is 87.9 Å². The van der Waals surface area contributed by atoms with Crippen LogP contribution in [0.15, 0.2) is 60.7 Å². The minimum Gasteiger partial charge on any atom is -0.443 e. The summed E-state index contributed by atoms with van der Waals surface area (Å²) in [5.41, 5.74) is 7.63. The predicted molar refractivity (Wildman–Crippen MR) is 258 cm³/mol. The van der Waals surface area contributed by atoms with E-state index in [9.17, 15) is 19.8 Å². The molecule has 0 spiro atoms. The molecule has 0 bridgehead atoms. The van der Waals surface area contributed by atoms with Gasteiger partial charge in [0.2, 0.25) is 0 Å². The van der Waals surface area contributed by atoms with Crippen molar-refractivity contribution in [2.45, 2.75) is 147 Å². The van der Waals surface area contributed by atoms with E-state index in [2.05, 4.69) is 55.8 Å². The molecular formula is C52H78N6O12. The van der Waals surface area contributed by atoms with E-state index in [1.54, 1.807) is 0 Å². The van der Waals surface area contributed by atoms with Crippen molar-refractivity contribution in [2.24, 2.45) is 28.4 Å². The number of carbonyl (C=O) groups excluding carboxylic acids is 2. The number of alkyl carbamates (subject to hydrolysis) is 2. The standard InChI is InChI=1S/C25H37N3O5.C17H24N2O5.C10H17NO2/c1-25(2,11-6-7-12-26)17-27-15-21(29)20(14-18-8-4-3-5-9-18)28-24(30)33-22-16-32-23-19(22)10-13-31-23;18-9-14(20)13(8-11-4-2-1-3-5-11)19-17(21)24-15-10-23-16-12(15)6-7-22-16;1-10(2,5-3-4-6-11)9-12-7-8-13-9/h3-5,8-9,19-23,27,29H,6-7,10-11,13-17H2,1-2H3,(H,28,30);1-5,12-16,20H,6-10,18H2,(H,19,21);9H,3-5,7-8H2,1-2H3/t19?,20-,21?,22?,23?;12?,13-,14?,15?,16?;/m00./s1. The number of nitriles is 2. The van der Waals surface area contributed by atoms with Crippen LogP contribution in [0.5, 0.6) is 0 Å². The highest BCUT2D eigenvalue weighted by Crippen LogP contribution is 2.35. The fourth-order valence-electron chi connectivity index (χ4n) is 9.19. The Balaban J connectivity index is 0.000000215. The number of rotatable bonds is 22. The molecule has 5 aliphatic heterocycles. The molecule has 5 fully saturated rings. The van der Waals surface area contributed by atoms with Crippen LogP contribution in [0.25, 0.3) is 0 Å². The van der Waals surface area contributed by atoms with Crippen LogP contribution in [-0.4, -0.2) is 137 Å². The van der Waals surface area contributed by atoms with Crippen LogP contribution in [0, 0.1) is 45.3 Å². The van der Waals surface area contributed by atoms with Gasteiger partial charge in [-0.2, -0.15) is 10.5 Å². The first-order valence-corrected chi connectivity index (χ1v) is 24.9. The van der Waals surface area contributed by atoms with Crippen LogP contribution in [-0.2, 0) is 50.7 Å². The van der Waals surface area contributed by atoms with Crippen LogP contribution in [0.3, 0.4) is 0 Å². The first-order valence-electron chi connectivity index (χ1n) is 24.9. The van der Waals surface area contributed by atoms with Crippen molar-refractivity contribution in [2.75, 3.05) is 59.3 Å². The van der Waals surface area contributed by atoms with E-state index in [-0.39, 0.29) is 60.3 Å². The monoisotopic (exact) mass is 979 g/mol. The third-order valence-corrected chi connectivity index (χ3v) is 13.3. The Morgan fingerprint density at radius 2 is 1.17 bits per heavy atom. The van der Waals surface area contributed by atoms with Gasteiger partial charge in [-0.3, -0.25) is 0 Å². The van der Waals surface area contributed by atoms with Crippen LogP contribution in [0.1, 0.15) is 90.2 Å². The number of hydrogen-bond acceptors (Lipinski definition) is 16. The van der Waals surface area contributed by atoms with Crippen molar-refractivity contribution in [3.05, 3.63) is 71.8 Å². The summed E-state index contributed by atoms with van der Waals surface area (Å²) in [6.07, 6.45) is 3.42. The summed E-state index contributed by atoms with van der Waals surface area (Å²) in [6, 6.07) is 22.7. The summed E-state index contributed by atoms with van der Waals surface area (Å²) in [6.45, 7) is 13.0. The van der Waals surface area contributed by atoms with Gasteiger partial charge in [-0.25, -0.2) is 9.59 Å². The zero-order valence-corrected chi connectivity index (χ0v) is 41.5. The molecule has 5 saturated heterocycles. The smallest absolute Gasteiger partial charge is 0.407 e. The molecule has 2 aromatic carbocycles. The van der Waals surface area contributed by atoms with Gasteiger partial charge in [-0.1, -0.05) is 88.4 Å². The number of amides is 2. The Kier molecular flexibility index (Phi) is 23.5. The van der Waals surface area contributed by atoms with E-state index < -0.39 is 36.5 Å². The van der Waals surface area contributed by atoms with Crippen LogP contribution in [0.2, 0.25) is 0 Å². The lowest BCUT2D eigenvalue weighted by atomic mass is 9.86. The molecule has 7 rings (SSSR count). The molecule has 18 heteroatoms. The lowest BCUT2D eigenvalue weighted by Gasteiger charge is -2.29. The SMILES string of the molecule is CC(C)(CCCC#N)C1OCCO1.CC(C)(CCCC#N)CNCC(O)[C@H](Cc1ccccc1)NC(=O)OC1COC2OCCC12.NCC(O)[C@H](Cc1ccccc1)NC(=O)OC1COC2OCCC12. The zero-order valence-electron chi connectivity index (χ0n) is 41.5. The molecule has 0 aromatic heterocycles. The molecule has 8 unspecified atom stereocenters. The summed E-state index contributed by atoms with van der Waals surface area (Å²) < 4.78 is 43.9. The maximum absolute atomic E-state index is 12.7. The van der Waals surface area contributed by atoms with Crippen molar-refractivity contribution in [1.82, 2.24) is 16.0 Å². The maximum atomic E-state index is 12.7. The minimum absolute atomic E-state index is 0.0141. The van der Waals surface area contributed by atoms with Gasteiger partial charge in [-0.15, -0.1) is 0 Å². The summed E-state index contributed by atoms with van der Waals surface area (Å²) in [7, 11) is 0. The predicted octanol–water partition coefficient (Wildman–Crippen LogP) is 5.24. The first-order chi connectivity index (χ1) is 33.7. The quantitative estimate of drug-likeness (QED) is 0.0825. The van der Waals surface area contributed by atoms with E-state index in [0.717, 1.165) is 49.7 Å². The normalized spacial score (nSPS) is 24.5. The Morgan fingerprint density at radius 3 is 1.64 bits per heavy atom. The number of nitrogens with two attached hydrogens (primary N) is 1. The number of unbranched alkanes of at least 4 members (excludes halogenated alkanes) is 2. The summed E-state index contributed by atoms with van der Waals surface area (Å²) in [5, 5.41) is 47.1. The van der Waals surface area contributed by atoms with Gasteiger partial charge in [0.15, 0.2) is 18.9 Å². The molecule has 0 saturated carbocycles. The lowest BCUT2D eigenvalue weighted by Crippen LogP contribution is -2.50. The maximum Gasteiger partial charge on any atom is 0.407 e. The molecule has 7 N–H and O–H groups in total. The average Bonchev–Trinajstić information content (AvgIpc) is 4.21. The number of fused-ring (bicyclic) bond motifs is 2. The lowest BCUT2D eigenvalue weighted by molar-refractivity contribution is -0.122. The molecule has 2 amide bonds. The van der Waals surface area contributed by atoms with Gasteiger partial charge in [0.25, 0.3) is 0 Å². The number of nitrogens with zero attached hydrogens (tertiary/aromatic N) is 2. The second kappa shape index (κ2) is 29.2. The average molecular weight is 979 g/mol. The number of aliphatic hydroxyl groups excluding tert-OH is 2. The molecule has 5 aliphatic rings. The fraction of sp³-hybridized carbons (Fsp3) is 0.692. The Hall–Kier alpha value is -4.44. The molecule has 5 heterocycles. The highest BCUT2D eigenvalue weighted by Gasteiger charge is 2.45. The number of nitrogens with one attached hydrogen (secondary N) is 3. The number of benzene rings is 2. The summed E-state index contributed by atoms with van der Waals surface area (Å²) >= 11 is 0. The molecule has 2 aromatic rings. The van der Waals surface area contributed by atoms with Crippen molar-refractivity contribution >= 4 is 12.2 Å². The van der Waals surface area contributed by atoms with Crippen LogP contribution in [0.4, 0.5) is 9.59 Å². The topological polar surface area (TPSA) is 258 Å². The van der Waals surface area contributed by atoms with Crippen LogP contribution >= 0.6 is 0 Å². The third-order valence-electron chi connectivity index (χ3n) is 13.3. The van der Waals surface area contributed by atoms with E-state index >= 15 is 0 Å². The van der Waals surface area contributed by atoms with Gasteiger partial charge in [0, 0.05) is 37.9 Å². The molecule has 18 nitrogen and oxygen atoms in total. The molecule has 10 atom stereocenters. The van der Waals surface area contributed by atoms with E-state index in [4.69, 9.17) is 54.2 Å². The molecule has 0 radical (unpaired) electrons. The highest BCUT2D eigenvalue weighted by atomic mass is 16.7. The third kappa shape index (κ3) is 18.6. The Morgan fingerprint density at radius 1 is 0.700 bits per heavy atom. The van der Waals surface area contributed by atoms with Crippen LogP contribution < -0.4 is 21.7 Å². The fourth-order valence-corrected chi connectivity index (χ4v) is 9.19. The van der Waals surface area contributed by atoms with Crippen molar-refractivity contribution in [1.29, 1.82) is 10.5 Å². The number of hydrogen-bond donors (Lipinski definition) is 6. The van der Waals surface area contributed by atoms with Crippen molar-refractivity contribution in [3.63, 3.8) is 0 Å². The largest absolute Gasteiger partial charge is 0.443 e.